The molecule has 29 heavy (non-hydrogen) atoms. The van der Waals surface area contributed by atoms with Gasteiger partial charge in [0.05, 0.1) is 5.56 Å². The smallest absolute Gasteiger partial charge is 0.252 e. The lowest BCUT2D eigenvalue weighted by Crippen LogP contribution is -2.55. The van der Waals surface area contributed by atoms with E-state index in [-0.39, 0.29) is 41.9 Å². The molecule has 9 nitrogen and oxygen atoms in total. The molecule has 0 spiro atoms. The Labute approximate surface area is 188 Å². The molecule has 2 fully saturated rings. The van der Waals surface area contributed by atoms with Crippen molar-refractivity contribution in [2.24, 2.45) is 4.99 Å². The second-order valence-electron chi connectivity index (χ2n) is 6.79. The first kappa shape index (κ1) is 23.3. The lowest BCUT2D eigenvalue weighted by molar-refractivity contribution is -0.142. The number of pyridine rings is 1. The van der Waals surface area contributed by atoms with Crippen molar-refractivity contribution in [1.82, 2.24) is 25.4 Å². The number of hydrogen-bond donors (Lipinski definition) is 2. The van der Waals surface area contributed by atoms with E-state index in [4.69, 9.17) is 4.74 Å². The summed E-state index contributed by atoms with van der Waals surface area (Å²) in [6.07, 6.45) is 4.71. The number of piperazine rings is 1. The van der Waals surface area contributed by atoms with E-state index < -0.39 is 0 Å². The highest BCUT2D eigenvalue weighted by atomic mass is 127. The average Bonchev–Trinajstić information content (AvgIpc) is 3.29. The van der Waals surface area contributed by atoms with Crippen molar-refractivity contribution in [2.75, 3.05) is 52.9 Å². The molecule has 1 aromatic heterocycles. The maximum atomic E-state index is 12.4. The van der Waals surface area contributed by atoms with Crippen LogP contribution in [0.3, 0.4) is 0 Å². The number of ether oxygens (including phenoxy) is 1. The van der Waals surface area contributed by atoms with Gasteiger partial charge in [-0.2, -0.15) is 0 Å². The lowest BCUT2D eigenvalue weighted by Gasteiger charge is -2.37. The van der Waals surface area contributed by atoms with Crippen molar-refractivity contribution in [1.29, 1.82) is 0 Å². The molecular weight excluding hydrogens is 487 g/mol. The van der Waals surface area contributed by atoms with E-state index in [0.717, 1.165) is 31.9 Å². The molecule has 1 atom stereocenters. The monoisotopic (exact) mass is 516 g/mol. The van der Waals surface area contributed by atoms with Gasteiger partial charge in [0.2, 0.25) is 0 Å². The molecule has 160 valence electrons. The maximum absolute atomic E-state index is 12.4. The van der Waals surface area contributed by atoms with E-state index in [9.17, 15) is 9.59 Å². The summed E-state index contributed by atoms with van der Waals surface area (Å²) in [4.78, 5) is 36.7. The summed E-state index contributed by atoms with van der Waals surface area (Å²) in [7, 11) is 1.74. The second-order valence-corrected chi connectivity index (χ2v) is 6.79. The zero-order valence-electron chi connectivity index (χ0n) is 16.7. The summed E-state index contributed by atoms with van der Waals surface area (Å²) in [6, 6.07) is 3.46. The summed E-state index contributed by atoms with van der Waals surface area (Å²) in [5.74, 6) is 0.740. The number of carbonyl (C=O) groups excluding carboxylic acids is 2. The fourth-order valence-electron chi connectivity index (χ4n) is 3.40. The van der Waals surface area contributed by atoms with Gasteiger partial charge in [0.15, 0.2) is 5.96 Å². The maximum Gasteiger partial charge on any atom is 0.252 e. The van der Waals surface area contributed by atoms with E-state index in [1.165, 1.54) is 0 Å². The molecule has 2 aliphatic rings. The van der Waals surface area contributed by atoms with Crippen molar-refractivity contribution >= 4 is 41.8 Å². The lowest BCUT2D eigenvalue weighted by atomic mass is 10.2. The van der Waals surface area contributed by atoms with E-state index in [1.807, 2.05) is 4.90 Å². The molecule has 2 saturated heterocycles. The Balaban J connectivity index is 0.00000300. The van der Waals surface area contributed by atoms with Crippen LogP contribution in [-0.4, -0.2) is 91.6 Å². The van der Waals surface area contributed by atoms with Crippen molar-refractivity contribution in [3.63, 3.8) is 0 Å². The van der Waals surface area contributed by atoms with E-state index in [2.05, 4.69) is 25.5 Å². The molecule has 3 heterocycles. The Kier molecular flexibility index (Phi) is 9.58. The minimum atomic E-state index is -0.257. The summed E-state index contributed by atoms with van der Waals surface area (Å²) in [6.45, 7) is 4.50. The highest BCUT2D eigenvalue weighted by molar-refractivity contribution is 14.0. The third-order valence-electron chi connectivity index (χ3n) is 4.93. The Hall–Kier alpha value is -1.95. The molecular formula is C19H29IN6O3. The van der Waals surface area contributed by atoms with Crippen LogP contribution < -0.4 is 10.6 Å². The molecule has 0 radical (unpaired) electrons. The predicted octanol–water partition coefficient (Wildman–Crippen LogP) is 0.328. The molecule has 0 aliphatic carbocycles. The fraction of sp³-hybridized carbons (Fsp3) is 0.579. The quantitative estimate of drug-likeness (QED) is 0.253. The molecule has 1 unspecified atom stereocenters. The molecule has 2 amide bonds. The molecule has 10 heteroatoms. The van der Waals surface area contributed by atoms with Gasteiger partial charge in [-0.25, -0.2) is 0 Å². The van der Waals surface area contributed by atoms with E-state index in [1.54, 1.807) is 31.6 Å². The van der Waals surface area contributed by atoms with Gasteiger partial charge in [-0.3, -0.25) is 19.6 Å². The minimum absolute atomic E-state index is 0. The second kappa shape index (κ2) is 11.9. The Morgan fingerprint density at radius 2 is 1.93 bits per heavy atom. The van der Waals surface area contributed by atoms with Gasteiger partial charge in [-0.15, -0.1) is 24.0 Å². The number of aromatic nitrogens is 1. The van der Waals surface area contributed by atoms with Gasteiger partial charge >= 0.3 is 0 Å². The first-order chi connectivity index (χ1) is 13.7. The fourth-order valence-corrected chi connectivity index (χ4v) is 3.40. The largest absolute Gasteiger partial charge is 0.368 e. The van der Waals surface area contributed by atoms with Gasteiger partial charge in [-0.05, 0) is 25.0 Å². The third kappa shape index (κ3) is 6.53. The number of aliphatic imine (C=N–C) groups is 1. The first-order valence-corrected chi connectivity index (χ1v) is 9.73. The predicted molar refractivity (Wildman–Crippen MR) is 120 cm³/mol. The van der Waals surface area contributed by atoms with Crippen molar-refractivity contribution in [3.8, 4) is 0 Å². The van der Waals surface area contributed by atoms with Crippen LogP contribution in [0.15, 0.2) is 29.5 Å². The average molecular weight is 516 g/mol. The zero-order chi connectivity index (χ0) is 19.8. The molecule has 2 aliphatic heterocycles. The van der Waals surface area contributed by atoms with Gasteiger partial charge in [0.25, 0.3) is 11.8 Å². The molecule has 0 aromatic carbocycles. The molecule has 2 N–H and O–H groups in total. The van der Waals surface area contributed by atoms with Gasteiger partial charge in [0, 0.05) is 65.3 Å². The number of rotatable bonds is 5. The van der Waals surface area contributed by atoms with Gasteiger partial charge < -0.3 is 25.2 Å². The molecule has 0 bridgehead atoms. The van der Waals surface area contributed by atoms with Gasteiger partial charge in [-0.1, -0.05) is 0 Å². The number of guanidine groups is 1. The first-order valence-electron chi connectivity index (χ1n) is 9.73. The van der Waals surface area contributed by atoms with Crippen LogP contribution in [0.4, 0.5) is 0 Å². The number of halogens is 1. The van der Waals surface area contributed by atoms with Crippen LogP contribution in [0.2, 0.25) is 0 Å². The summed E-state index contributed by atoms with van der Waals surface area (Å²) < 4.78 is 5.50. The van der Waals surface area contributed by atoms with Crippen molar-refractivity contribution in [2.45, 2.75) is 18.9 Å². The standard InChI is InChI=1S/C19H28N6O3.HI/c1-20-19(23-8-7-22-17(26)15-4-2-6-21-14-15)25-11-9-24(10-12-25)18(27)16-5-3-13-28-16;/h2,4,6,14,16H,3,5,7-13H2,1H3,(H,20,23)(H,22,26);1H. The summed E-state index contributed by atoms with van der Waals surface area (Å²) >= 11 is 0. The number of nitrogens with one attached hydrogen (secondary N) is 2. The Morgan fingerprint density at radius 3 is 2.55 bits per heavy atom. The van der Waals surface area contributed by atoms with Gasteiger partial charge in [0.1, 0.15) is 6.10 Å². The Bertz CT molecular complexity index is 688. The Morgan fingerprint density at radius 1 is 1.21 bits per heavy atom. The third-order valence-corrected chi connectivity index (χ3v) is 4.93. The number of nitrogens with zero attached hydrogens (tertiary/aromatic N) is 4. The highest BCUT2D eigenvalue weighted by Gasteiger charge is 2.30. The van der Waals surface area contributed by atoms with Crippen LogP contribution >= 0.6 is 24.0 Å². The normalized spacial score (nSPS) is 19.5. The zero-order valence-corrected chi connectivity index (χ0v) is 19.0. The topological polar surface area (TPSA) is 99.2 Å². The summed E-state index contributed by atoms with van der Waals surface area (Å²) in [5, 5.41) is 6.12. The summed E-state index contributed by atoms with van der Waals surface area (Å²) in [5.41, 5.74) is 0.541. The van der Waals surface area contributed by atoms with Crippen LogP contribution in [0.5, 0.6) is 0 Å². The number of hydrogen-bond acceptors (Lipinski definition) is 5. The van der Waals surface area contributed by atoms with Crippen molar-refractivity contribution in [3.05, 3.63) is 30.1 Å². The SMILES string of the molecule is CN=C(NCCNC(=O)c1cccnc1)N1CCN(C(=O)C2CCCO2)CC1.I. The minimum Gasteiger partial charge on any atom is -0.368 e. The van der Waals surface area contributed by atoms with Crippen molar-refractivity contribution < 1.29 is 14.3 Å². The van der Waals surface area contributed by atoms with Crippen LogP contribution in [0.25, 0.3) is 0 Å². The van der Waals surface area contributed by atoms with Crippen LogP contribution in [-0.2, 0) is 9.53 Å². The van der Waals surface area contributed by atoms with Crippen LogP contribution in [0, 0.1) is 0 Å². The molecule has 3 rings (SSSR count). The number of carbonyl (C=O) groups is 2. The van der Waals surface area contributed by atoms with E-state index in [0.29, 0.717) is 38.3 Å². The van der Waals surface area contributed by atoms with Crippen LogP contribution in [0.1, 0.15) is 23.2 Å². The number of amides is 2. The van der Waals surface area contributed by atoms with E-state index >= 15 is 0 Å². The molecule has 1 aromatic rings. The molecule has 0 saturated carbocycles. The highest BCUT2D eigenvalue weighted by Crippen LogP contribution is 2.16.